The Bertz CT molecular complexity index is 888. The van der Waals surface area contributed by atoms with Gasteiger partial charge in [0.15, 0.2) is 5.78 Å². The third-order valence-corrected chi connectivity index (χ3v) is 5.77. The Labute approximate surface area is 141 Å². The molecule has 2 nitrogen and oxygen atoms in total. The first-order chi connectivity index (χ1) is 11.8. The molecule has 0 aromatic heterocycles. The Kier molecular flexibility index (Phi) is 2.84. The second-order valence-electron chi connectivity index (χ2n) is 6.84. The summed E-state index contributed by atoms with van der Waals surface area (Å²) >= 11 is 0. The molecular formula is C22H18O2. The van der Waals surface area contributed by atoms with Gasteiger partial charge >= 0.3 is 0 Å². The van der Waals surface area contributed by atoms with Gasteiger partial charge in [-0.25, -0.2) is 0 Å². The van der Waals surface area contributed by atoms with E-state index in [2.05, 4.69) is 42.5 Å². The van der Waals surface area contributed by atoms with E-state index in [4.69, 9.17) is 4.74 Å². The Morgan fingerprint density at radius 1 is 0.875 bits per heavy atom. The number of rotatable bonds is 2. The van der Waals surface area contributed by atoms with Crippen LogP contribution in [0.3, 0.4) is 0 Å². The van der Waals surface area contributed by atoms with Gasteiger partial charge in [0.1, 0.15) is 5.75 Å². The van der Waals surface area contributed by atoms with Gasteiger partial charge in [0.25, 0.3) is 0 Å². The Hall–Kier alpha value is -2.61. The van der Waals surface area contributed by atoms with Gasteiger partial charge in [-0.05, 0) is 28.8 Å². The molecule has 0 N–H and O–H groups in total. The summed E-state index contributed by atoms with van der Waals surface area (Å²) in [5.41, 5.74) is 4.63. The van der Waals surface area contributed by atoms with Gasteiger partial charge in [0.05, 0.1) is 7.11 Å². The first kappa shape index (κ1) is 13.8. The molecule has 6 rings (SSSR count). The molecule has 4 aliphatic carbocycles. The lowest BCUT2D eigenvalue weighted by Gasteiger charge is -2.46. The van der Waals surface area contributed by atoms with E-state index in [0.717, 1.165) is 16.9 Å². The molecule has 24 heavy (non-hydrogen) atoms. The van der Waals surface area contributed by atoms with E-state index in [0.29, 0.717) is 17.8 Å². The standard InChI is InChI=1S/C22H18O2/c1-24-15-9-6-13(7-10-15)19-12-14-8-11-18(22(19)23)21-17-5-3-2-4-16(17)20(14)21/h2-12,14,18,20-21H,1H3/t14-,18-,20+,21+/m1/s1. The molecular weight excluding hydrogens is 296 g/mol. The zero-order valence-corrected chi connectivity index (χ0v) is 13.5. The number of benzene rings is 2. The molecule has 2 bridgehead atoms. The smallest absolute Gasteiger partial charge is 0.170 e. The van der Waals surface area contributed by atoms with E-state index in [1.807, 2.05) is 24.3 Å². The molecule has 0 unspecified atom stereocenters. The van der Waals surface area contributed by atoms with Gasteiger partial charge in [0, 0.05) is 29.2 Å². The maximum atomic E-state index is 13.2. The molecule has 118 valence electrons. The van der Waals surface area contributed by atoms with Crippen LogP contribution in [0.1, 0.15) is 28.5 Å². The maximum Gasteiger partial charge on any atom is 0.170 e. The Morgan fingerprint density at radius 3 is 2.29 bits per heavy atom. The van der Waals surface area contributed by atoms with E-state index in [-0.39, 0.29) is 11.7 Å². The molecule has 2 aromatic rings. The van der Waals surface area contributed by atoms with Crippen molar-refractivity contribution in [3.05, 3.63) is 83.4 Å². The predicted molar refractivity (Wildman–Crippen MR) is 94.0 cm³/mol. The SMILES string of the molecule is COc1ccc(C2=C[C@H]3C=C[C@@H](C2=O)[C@@H]2c4ccccc4[C@H]32)cc1. The first-order valence-electron chi connectivity index (χ1n) is 8.45. The number of methoxy groups -OCH3 is 1. The van der Waals surface area contributed by atoms with Crippen molar-refractivity contribution < 1.29 is 9.53 Å². The van der Waals surface area contributed by atoms with Crippen molar-refractivity contribution in [3.63, 3.8) is 0 Å². The van der Waals surface area contributed by atoms with Crippen LogP contribution in [-0.4, -0.2) is 12.9 Å². The maximum absolute atomic E-state index is 13.2. The summed E-state index contributed by atoms with van der Waals surface area (Å²) in [6, 6.07) is 16.4. The second-order valence-corrected chi connectivity index (χ2v) is 6.84. The minimum Gasteiger partial charge on any atom is -0.497 e. The number of hydrogen-bond acceptors (Lipinski definition) is 2. The summed E-state index contributed by atoms with van der Waals surface area (Å²) in [4.78, 5) is 13.2. The zero-order valence-electron chi connectivity index (χ0n) is 13.5. The van der Waals surface area contributed by atoms with Crippen molar-refractivity contribution in [1.82, 2.24) is 0 Å². The molecule has 0 radical (unpaired) electrons. The normalized spacial score (nSPS) is 29.2. The van der Waals surface area contributed by atoms with Crippen LogP contribution >= 0.6 is 0 Å². The Balaban J connectivity index is 1.59. The number of ketones is 1. The summed E-state index contributed by atoms with van der Waals surface area (Å²) in [5, 5.41) is 0. The van der Waals surface area contributed by atoms with Crippen LogP contribution < -0.4 is 4.74 Å². The lowest BCUT2D eigenvalue weighted by molar-refractivity contribution is -0.116. The van der Waals surface area contributed by atoms with Crippen molar-refractivity contribution >= 4 is 11.4 Å². The highest BCUT2D eigenvalue weighted by molar-refractivity contribution is 6.23. The van der Waals surface area contributed by atoms with Crippen molar-refractivity contribution in [1.29, 1.82) is 0 Å². The summed E-state index contributed by atoms with van der Waals surface area (Å²) in [5.74, 6) is 2.14. The highest BCUT2D eigenvalue weighted by Gasteiger charge is 2.50. The molecule has 0 amide bonds. The minimum atomic E-state index is -0.0306. The number of carbonyl (C=O) groups excluding carboxylic acids is 1. The van der Waals surface area contributed by atoms with Crippen LogP contribution in [0, 0.1) is 11.8 Å². The van der Waals surface area contributed by atoms with Crippen LogP contribution in [0.4, 0.5) is 0 Å². The van der Waals surface area contributed by atoms with E-state index in [1.165, 1.54) is 11.1 Å². The van der Waals surface area contributed by atoms with Gasteiger partial charge in [-0.3, -0.25) is 4.79 Å². The predicted octanol–water partition coefficient (Wildman–Crippen LogP) is 4.34. The zero-order chi connectivity index (χ0) is 16.3. The number of Topliss-reactive ketones (excluding diaryl/α,β-unsaturated/α-hetero) is 1. The molecule has 4 atom stereocenters. The molecule has 0 fully saturated rings. The summed E-state index contributed by atoms with van der Waals surface area (Å²) in [7, 11) is 1.66. The van der Waals surface area contributed by atoms with Crippen LogP contribution in [0.15, 0.2) is 66.8 Å². The molecule has 0 spiro atoms. The summed E-state index contributed by atoms with van der Waals surface area (Å²) in [6.07, 6.45) is 6.55. The summed E-state index contributed by atoms with van der Waals surface area (Å²) < 4.78 is 5.23. The fourth-order valence-corrected chi connectivity index (χ4v) is 4.63. The number of carbonyl (C=O) groups is 1. The van der Waals surface area contributed by atoms with Crippen molar-refractivity contribution in [2.45, 2.75) is 11.8 Å². The van der Waals surface area contributed by atoms with Gasteiger partial charge in [0.2, 0.25) is 0 Å². The third-order valence-electron chi connectivity index (χ3n) is 5.77. The molecule has 0 heterocycles. The average Bonchev–Trinajstić information content (AvgIpc) is 2.83. The van der Waals surface area contributed by atoms with Crippen molar-refractivity contribution in [2.75, 3.05) is 7.11 Å². The van der Waals surface area contributed by atoms with Gasteiger partial charge in [-0.15, -0.1) is 0 Å². The van der Waals surface area contributed by atoms with Crippen LogP contribution in [0.2, 0.25) is 0 Å². The lowest BCUT2D eigenvalue weighted by atomic mass is 9.56. The quantitative estimate of drug-likeness (QED) is 0.771. The molecule has 0 aliphatic heterocycles. The number of allylic oxidation sites excluding steroid dienone is 4. The molecule has 2 heteroatoms. The van der Waals surface area contributed by atoms with Crippen LogP contribution in [0.25, 0.3) is 5.57 Å². The Morgan fingerprint density at radius 2 is 1.58 bits per heavy atom. The number of fused-ring (bicyclic) bond motifs is 2. The monoisotopic (exact) mass is 314 g/mol. The molecule has 0 saturated carbocycles. The van der Waals surface area contributed by atoms with Crippen LogP contribution in [0.5, 0.6) is 5.75 Å². The topological polar surface area (TPSA) is 26.3 Å². The third kappa shape index (κ3) is 1.74. The fourth-order valence-electron chi connectivity index (χ4n) is 4.63. The second kappa shape index (κ2) is 4.94. The highest BCUT2D eigenvalue weighted by Crippen LogP contribution is 2.60. The van der Waals surface area contributed by atoms with E-state index in [1.54, 1.807) is 7.11 Å². The number of ether oxygens (including phenoxy) is 1. The lowest BCUT2D eigenvalue weighted by Crippen LogP contribution is -2.37. The van der Waals surface area contributed by atoms with E-state index in [9.17, 15) is 4.79 Å². The minimum absolute atomic E-state index is 0.0306. The first-order valence-corrected chi connectivity index (χ1v) is 8.45. The van der Waals surface area contributed by atoms with Gasteiger partial charge in [-0.1, -0.05) is 54.6 Å². The average molecular weight is 314 g/mol. The fraction of sp³-hybridized carbons (Fsp3) is 0.227. The molecule has 2 aromatic carbocycles. The van der Waals surface area contributed by atoms with E-state index >= 15 is 0 Å². The van der Waals surface area contributed by atoms with Crippen molar-refractivity contribution in [3.8, 4) is 5.75 Å². The van der Waals surface area contributed by atoms with Crippen molar-refractivity contribution in [2.24, 2.45) is 11.8 Å². The molecule has 4 aliphatic rings. The van der Waals surface area contributed by atoms with E-state index < -0.39 is 0 Å². The summed E-state index contributed by atoms with van der Waals surface area (Å²) in [6.45, 7) is 0. The van der Waals surface area contributed by atoms with Crippen LogP contribution in [-0.2, 0) is 4.79 Å². The number of hydrogen-bond donors (Lipinski definition) is 0. The highest BCUT2D eigenvalue weighted by atomic mass is 16.5. The van der Waals surface area contributed by atoms with Gasteiger partial charge in [-0.2, -0.15) is 0 Å². The largest absolute Gasteiger partial charge is 0.497 e. The van der Waals surface area contributed by atoms with Gasteiger partial charge < -0.3 is 4.74 Å². The molecule has 0 saturated heterocycles.